The summed E-state index contributed by atoms with van der Waals surface area (Å²) in [5.41, 5.74) is 0.716. The number of carboxylic acid groups (broad SMARTS) is 1. The van der Waals surface area contributed by atoms with E-state index in [1.165, 1.54) is 12.4 Å². The number of hydrogen-bond acceptors (Lipinski definition) is 7. The number of fused-ring (bicyclic) bond motifs is 1. The van der Waals surface area contributed by atoms with Crippen LogP contribution in [0.2, 0.25) is 0 Å². The molecule has 12 heteroatoms. The van der Waals surface area contributed by atoms with Gasteiger partial charge in [-0.25, -0.2) is 9.78 Å². The Hall–Kier alpha value is -3.61. The number of carbonyl (C=O) groups is 1. The molecule has 1 saturated heterocycles. The molecule has 1 fully saturated rings. The van der Waals surface area contributed by atoms with Crippen LogP contribution in [-0.4, -0.2) is 75.2 Å². The maximum Gasteiger partial charge on any atom is 0.434 e. The summed E-state index contributed by atoms with van der Waals surface area (Å²) in [5, 5.41) is 11.1. The van der Waals surface area contributed by atoms with E-state index in [0.29, 0.717) is 41.0 Å². The number of halogens is 3. The van der Waals surface area contributed by atoms with Gasteiger partial charge in [0.2, 0.25) is 5.43 Å². The number of carboxylic acids is 1. The van der Waals surface area contributed by atoms with Gasteiger partial charge in [0.1, 0.15) is 10.6 Å². The van der Waals surface area contributed by atoms with Crippen LogP contribution in [0.1, 0.15) is 21.7 Å². The molecule has 0 amide bonds. The van der Waals surface area contributed by atoms with Gasteiger partial charge in [0.05, 0.1) is 5.52 Å². The first-order chi connectivity index (χ1) is 18.5. The van der Waals surface area contributed by atoms with Crippen molar-refractivity contribution in [1.82, 2.24) is 24.3 Å². The second kappa shape index (κ2) is 10.5. The van der Waals surface area contributed by atoms with E-state index in [4.69, 9.17) is 0 Å². The number of rotatable bonds is 6. The van der Waals surface area contributed by atoms with Crippen LogP contribution in [0.5, 0.6) is 0 Å². The highest BCUT2D eigenvalue weighted by Gasteiger charge is 2.34. The maximum atomic E-state index is 13.2. The summed E-state index contributed by atoms with van der Waals surface area (Å²) < 4.78 is 41.4. The lowest BCUT2D eigenvalue weighted by molar-refractivity contribution is -0.140. The molecule has 0 saturated carbocycles. The summed E-state index contributed by atoms with van der Waals surface area (Å²) >= 11 is 0.873. The molecule has 3 aromatic heterocycles. The van der Waals surface area contributed by atoms with Crippen molar-refractivity contribution in [1.29, 1.82) is 0 Å². The average molecular weight is 558 g/mol. The number of benzene rings is 1. The second-order valence-electron chi connectivity index (χ2n) is 9.65. The smallest absolute Gasteiger partial charge is 0.434 e. The number of piperazine rings is 1. The average Bonchev–Trinajstić information content (AvgIpc) is 3.40. The topological polar surface area (TPSA) is 91.6 Å². The minimum absolute atomic E-state index is 0.173. The Morgan fingerprint density at radius 2 is 1.85 bits per heavy atom. The SMILES string of the molecule is Cc1cc(-c2nc(C(F)(F)F)cs2)c(-c2ccc3c(c2)c(=O)c(C(=O)O)cn3CCN2CCN(C)CC2)cn1. The Bertz CT molecular complexity index is 1610. The minimum Gasteiger partial charge on any atom is -0.477 e. The molecule has 0 spiro atoms. The van der Waals surface area contributed by atoms with Crippen LogP contribution in [0.25, 0.3) is 32.6 Å². The zero-order chi connectivity index (χ0) is 27.9. The third-order valence-electron chi connectivity index (χ3n) is 6.94. The number of thiazole rings is 1. The summed E-state index contributed by atoms with van der Waals surface area (Å²) in [4.78, 5) is 37.8. The van der Waals surface area contributed by atoms with Crippen molar-refractivity contribution in [2.24, 2.45) is 0 Å². The van der Waals surface area contributed by atoms with Gasteiger partial charge >= 0.3 is 12.1 Å². The van der Waals surface area contributed by atoms with E-state index < -0.39 is 23.3 Å². The second-order valence-corrected chi connectivity index (χ2v) is 10.5. The fourth-order valence-corrected chi connectivity index (χ4v) is 5.57. The molecule has 8 nitrogen and oxygen atoms in total. The Morgan fingerprint density at radius 1 is 1.10 bits per heavy atom. The van der Waals surface area contributed by atoms with Gasteiger partial charge in [-0.1, -0.05) is 6.07 Å². The number of aromatic carboxylic acids is 1. The predicted molar refractivity (Wildman–Crippen MR) is 143 cm³/mol. The molecule has 0 atom stereocenters. The normalized spacial score (nSPS) is 15.2. The molecular formula is C27H26F3N5O3S. The summed E-state index contributed by atoms with van der Waals surface area (Å²) in [7, 11) is 2.07. The number of hydrogen-bond donors (Lipinski definition) is 1. The molecule has 1 aromatic carbocycles. The highest BCUT2D eigenvalue weighted by Crippen LogP contribution is 2.38. The first kappa shape index (κ1) is 27.0. The Balaban J connectivity index is 1.58. The van der Waals surface area contributed by atoms with Gasteiger partial charge in [0.15, 0.2) is 5.69 Å². The summed E-state index contributed by atoms with van der Waals surface area (Å²) in [6.45, 7) is 6.63. The van der Waals surface area contributed by atoms with Crippen molar-refractivity contribution in [3.63, 3.8) is 0 Å². The zero-order valence-electron chi connectivity index (χ0n) is 21.3. The molecular weight excluding hydrogens is 531 g/mol. The highest BCUT2D eigenvalue weighted by molar-refractivity contribution is 7.13. The largest absolute Gasteiger partial charge is 0.477 e. The number of nitrogens with zero attached hydrogens (tertiary/aromatic N) is 5. The van der Waals surface area contributed by atoms with Gasteiger partial charge in [-0.2, -0.15) is 13.2 Å². The summed E-state index contributed by atoms with van der Waals surface area (Å²) in [6.07, 6.45) is -1.65. The lowest BCUT2D eigenvalue weighted by Gasteiger charge is -2.32. The quantitative estimate of drug-likeness (QED) is 0.374. The molecule has 1 aliphatic heterocycles. The lowest BCUT2D eigenvalue weighted by Crippen LogP contribution is -2.45. The molecule has 0 radical (unpaired) electrons. The molecule has 0 aliphatic carbocycles. The molecule has 39 heavy (non-hydrogen) atoms. The van der Waals surface area contributed by atoms with Gasteiger partial charge in [-0.15, -0.1) is 11.3 Å². The number of alkyl halides is 3. The fraction of sp³-hybridized carbons (Fsp3) is 0.333. The van der Waals surface area contributed by atoms with Crippen LogP contribution >= 0.6 is 11.3 Å². The van der Waals surface area contributed by atoms with Crippen LogP contribution in [0, 0.1) is 6.92 Å². The molecule has 1 N–H and O–H groups in total. The van der Waals surface area contributed by atoms with Crippen LogP contribution < -0.4 is 5.43 Å². The van der Waals surface area contributed by atoms with Gasteiger partial charge in [-0.3, -0.25) is 14.7 Å². The van der Waals surface area contributed by atoms with Crippen molar-refractivity contribution in [2.75, 3.05) is 39.8 Å². The molecule has 1 aliphatic rings. The van der Waals surface area contributed by atoms with Gasteiger partial charge < -0.3 is 14.6 Å². The monoisotopic (exact) mass is 557 g/mol. The Kier molecular flexibility index (Phi) is 7.27. The summed E-state index contributed by atoms with van der Waals surface area (Å²) in [6, 6.07) is 6.75. The van der Waals surface area contributed by atoms with Crippen LogP contribution in [-0.2, 0) is 12.7 Å². The van der Waals surface area contributed by atoms with E-state index in [9.17, 15) is 27.9 Å². The van der Waals surface area contributed by atoms with Crippen molar-refractivity contribution in [3.05, 3.63) is 69.2 Å². The van der Waals surface area contributed by atoms with Crippen molar-refractivity contribution < 1.29 is 23.1 Å². The van der Waals surface area contributed by atoms with Gasteiger partial charge in [0.25, 0.3) is 0 Å². The predicted octanol–water partition coefficient (Wildman–Crippen LogP) is 4.46. The first-order valence-electron chi connectivity index (χ1n) is 12.3. The van der Waals surface area contributed by atoms with E-state index in [2.05, 4.69) is 26.8 Å². The summed E-state index contributed by atoms with van der Waals surface area (Å²) in [5.74, 6) is -1.32. The zero-order valence-corrected chi connectivity index (χ0v) is 22.1. The highest BCUT2D eigenvalue weighted by atomic mass is 32.1. The van der Waals surface area contributed by atoms with Gasteiger partial charge in [0, 0.05) is 79.2 Å². The first-order valence-corrected chi connectivity index (χ1v) is 13.2. The van der Waals surface area contributed by atoms with Crippen molar-refractivity contribution in [3.8, 4) is 21.7 Å². The van der Waals surface area contributed by atoms with E-state index >= 15 is 0 Å². The fourth-order valence-electron chi connectivity index (χ4n) is 4.72. The van der Waals surface area contributed by atoms with E-state index in [-0.39, 0.29) is 16.0 Å². The van der Waals surface area contributed by atoms with E-state index in [1.807, 2.05) is 0 Å². The number of likely N-dealkylation sites (N-methyl/N-ethyl adjacent to an activating group) is 1. The molecule has 0 unspecified atom stereocenters. The molecule has 4 aromatic rings. The van der Waals surface area contributed by atoms with E-state index in [0.717, 1.165) is 42.9 Å². The molecule has 4 heterocycles. The van der Waals surface area contributed by atoms with Crippen LogP contribution in [0.4, 0.5) is 13.2 Å². The molecule has 0 bridgehead atoms. The van der Waals surface area contributed by atoms with Crippen LogP contribution in [0.15, 0.2) is 46.8 Å². The molecule has 204 valence electrons. The minimum atomic E-state index is -4.57. The Labute approximate surface area is 226 Å². The van der Waals surface area contributed by atoms with Gasteiger partial charge in [-0.05, 0) is 37.7 Å². The standard InChI is InChI=1S/C27H26F3N5O3S/c1-16-11-18(25-32-23(15-39-25)27(28,29)30)20(13-31-16)17-3-4-22-19(12-17)24(36)21(26(37)38)14-35(22)10-9-34-7-5-33(2)6-8-34/h3-4,11-15H,5-10H2,1-2H3,(H,37,38). The molecule has 5 rings (SSSR count). The van der Waals surface area contributed by atoms with Crippen molar-refractivity contribution >= 4 is 28.2 Å². The Morgan fingerprint density at radius 3 is 2.51 bits per heavy atom. The number of aryl methyl sites for hydroxylation is 1. The number of pyridine rings is 2. The number of aromatic nitrogens is 3. The lowest BCUT2D eigenvalue weighted by atomic mass is 9.99. The third-order valence-corrected chi connectivity index (χ3v) is 7.82. The third kappa shape index (κ3) is 5.58. The van der Waals surface area contributed by atoms with E-state index in [1.54, 1.807) is 35.8 Å². The van der Waals surface area contributed by atoms with Crippen molar-refractivity contribution in [2.45, 2.75) is 19.6 Å². The maximum absolute atomic E-state index is 13.2. The van der Waals surface area contributed by atoms with Crippen LogP contribution in [0.3, 0.4) is 0 Å².